The fourth-order valence-corrected chi connectivity index (χ4v) is 4.42. The largest absolute Gasteiger partial charge is 0.493 e. The van der Waals surface area contributed by atoms with Crippen molar-refractivity contribution in [3.63, 3.8) is 0 Å². The summed E-state index contributed by atoms with van der Waals surface area (Å²) in [7, 11) is 3.21. The Bertz CT molecular complexity index is 840. The molecule has 0 spiro atoms. The van der Waals surface area contributed by atoms with Gasteiger partial charge in [-0.2, -0.15) is 0 Å². The van der Waals surface area contributed by atoms with Crippen molar-refractivity contribution in [3.8, 4) is 11.5 Å². The van der Waals surface area contributed by atoms with Gasteiger partial charge >= 0.3 is 5.97 Å². The quantitative estimate of drug-likeness (QED) is 0.131. The predicted molar refractivity (Wildman–Crippen MR) is 129 cm³/mol. The zero-order valence-electron chi connectivity index (χ0n) is 21.1. The SMILES string of the molecule is COCCCOc1cc(C(O)C(CC(N=[N+]=[N-])C2CC(C(C)C)C(=O)O2)C(C)C)ccc1OC. The van der Waals surface area contributed by atoms with Crippen LogP contribution in [0, 0.1) is 23.7 Å². The van der Waals surface area contributed by atoms with Crippen LogP contribution >= 0.6 is 0 Å². The summed E-state index contributed by atoms with van der Waals surface area (Å²) in [5.41, 5.74) is 9.86. The molecule has 34 heavy (non-hydrogen) atoms. The molecule has 0 radical (unpaired) electrons. The molecule has 5 atom stereocenters. The number of rotatable bonds is 14. The minimum absolute atomic E-state index is 0.0811. The molecule has 9 nitrogen and oxygen atoms in total. The summed E-state index contributed by atoms with van der Waals surface area (Å²) in [6, 6.07) is 4.83. The Labute approximate surface area is 202 Å². The first-order chi connectivity index (χ1) is 16.2. The molecule has 1 heterocycles. The lowest BCUT2D eigenvalue weighted by atomic mass is 9.80. The number of carbonyl (C=O) groups excluding carboxylic acids is 1. The van der Waals surface area contributed by atoms with Gasteiger partial charge in [0, 0.05) is 25.0 Å². The Balaban J connectivity index is 2.22. The second-order valence-corrected chi connectivity index (χ2v) is 9.53. The normalized spacial score (nSPS) is 20.6. The summed E-state index contributed by atoms with van der Waals surface area (Å²) < 4.78 is 21.9. The number of cyclic esters (lactones) is 1. The van der Waals surface area contributed by atoms with E-state index in [9.17, 15) is 15.4 Å². The molecule has 1 aliphatic heterocycles. The lowest BCUT2D eigenvalue weighted by Gasteiger charge is -2.31. The van der Waals surface area contributed by atoms with Gasteiger partial charge < -0.3 is 24.1 Å². The number of ether oxygens (including phenoxy) is 4. The summed E-state index contributed by atoms with van der Waals surface area (Å²) in [5.74, 6) is 0.679. The number of azide groups is 1. The van der Waals surface area contributed by atoms with Gasteiger partial charge in [-0.25, -0.2) is 0 Å². The summed E-state index contributed by atoms with van der Waals surface area (Å²) in [5, 5.41) is 15.3. The van der Waals surface area contributed by atoms with Crippen molar-refractivity contribution in [1.82, 2.24) is 0 Å². The first-order valence-electron chi connectivity index (χ1n) is 12.0. The zero-order valence-corrected chi connectivity index (χ0v) is 21.1. The fourth-order valence-electron chi connectivity index (χ4n) is 4.42. The number of esters is 1. The van der Waals surface area contributed by atoms with Crippen molar-refractivity contribution in [2.75, 3.05) is 27.4 Å². The summed E-state index contributed by atoms with van der Waals surface area (Å²) in [6.45, 7) is 9.05. The van der Waals surface area contributed by atoms with Crippen molar-refractivity contribution in [2.24, 2.45) is 28.8 Å². The number of hydrogen-bond acceptors (Lipinski definition) is 7. The van der Waals surface area contributed by atoms with Crippen molar-refractivity contribution < 1.29 is 28.8 Å². The van der Waals surface area contributed by atoms with Crippen LogP contribution in [-0.4, -0.2) is 50.7 Å². The van der Waals surface area contributed by atoms with Crippen molar-refractivity contribution >= 4 is 5.97 Å². The van der Waals surface area contributed by atoms with E-state index in [0.717, 1.165) is 6.42 Å². The van der Waals surface area contributed by atoms with E-state index in [1.165, 1.54) is 0 Å². The first kappa shape index (κ1) is 27.8. The van der Waals surface area contributed by atoms with Crippen LogP contribution in [0.1, 0.15) is 58.6 Å². The number of hydrogen-bond donors (Lipinski definition) is 1. The molecule has 1 aromatic carbocycles. The lowest BCUT2D eigenvalue weighted by molar-refractivity contribution is -0.146. The molecule has 1 aromatic rings. The van der Waals surface area contributed by atoms with Gasteiger partial charge in [-0.05, 0) is 53.8 Å². The maximum absolute atomic E-state index is 12.3. The standard InChI is InChI=1S/C25H39N3O6/c1-15(2)18(13-20(27-28-26)22-14-19(16(3)4)25(30)34-22)24(29)17-8-9-21(32-6)23(12-17)33-11-7-10-31-5/h8-9,12,15-16,18-20,22,24,29H,7,10-11,13-14H2,1-6H3. The van der Waals surface area contributed by atoms with E-state index in [-0.39, 0.29) is 29.6 Å². The molecule has 0 aromatic heterocycles. The second-order valence-electron chi connectivity index (χ2n) is 9.53. The van der Waals surface area contributed by atoms with E-state index in [1.54, 1.807) is 26.4 Å². The van der Waals surface area contributed by atoms with Crippen LogP contribution in [0.2, 0.25) is 0 Å². The molecular weight excluding hydrogens is 438 g/mol. The molecule has 1 N–H and O–H groups in total. The molecule has 0 saturated carbocycles. The molecule has 1 aliphatic rings. The molecular formula is C25H39N3O6. The van der Waals surface area contributed by atoms with Gasteiger partial charge in [0.15, 0.2) is 11.5 Å². The molecule has 190 valence electrons. The van der Waals surface area contributed by atoms with E-state index in [2.05, 4.69) is 10.0 Å². The highest BCUT2D eigenvalue weighted by molar-refractivity contribution is 5.75. The van der Waals surface area contributed by atoms with Gasteiger partial charge in [0.25, 0.3) is 0 Å². The van der Waals surface area contributed by atoms with Crippen LogP contribution in [0.15, 0.2) is 23.3 Å². The highest BCUT2D eigenvalue weighted by atomic mass is 16.6. The highest BCUT2D eigenvalue weighted by Gasteiger charge is 2.41. The van der Waals surface area contributed by atoms with Crippen LogP contribution < -0.4 is 9.47 Å². The van der Waals surface area contributed by atoms with E-state index < -0.39 is 18.2 Å². The van der Waals surface area contributed by atoms with Crippen molar-refractivity contribution in [3.05, 3.63) is 34.2 Å². The average Bonchev–Trinajstić information content (AvgIpc) is 3.20. The molecule has 2 rings (SSSR count). The van der Waals surface area contributed by atoms with Crippen LogP contribution in [0.25, 0.3) is 10.4 Å². The van der Waals surface area contributed by atoms with E-state index in [1.807, 2.05) is 33.8 Å². The van der Waals surface area contributed by atoms with Gasteiger partial charge in [0.05, 0.1) is 31.8 Å². The zero-order chi connectivity index (χ0) is 25.3. The van der Waals surface area contributed by atoms with Crippen LogP contribution in [0.3, 0.4) is 0 Å². The molecule has 0 amide bonds. The Morgan fingerprint density at radius 2 is 1.94 bits per heavy atom. The van der Waals surface area contributed by atoms with Gasteiger partial charge in [0.2, 0.25) is 0 Å². The maximum atomic E-state index is 12.3. The molecule has 0 bridgehead atoms. The van der Waals surface area contributed by atoms with Crippen molar-refractivity contribution in [1.29, 1.82) is 0 Å². The monoisotopic (exact) mass is 477 g/mol. The molecule has 5 unspecified atom stereocenters. The van der Waals surface area contributed by atoms with Gasteiger partial charge in [-0.1, -0.05) is 38.9 Å². The topological polar surface area (TPSA) is 123 Å². The predicted octanol–water partition coefficient (Wildman–Crippen LogP) is 5.07. The third-order valence-corrected chi connectivity index (χ3v) is 6.55. The van der Waals surface area contributed by atoms with E-state index in [0.29, 0.717) is 43.1 Å². The highest BCUT2D eigenvalue weighted by Crippen LogP contribution is 2.39. The van der Waals surface area contributed by atoms with E-state index >= 15 is 0 Å². The molecule has 9 heteroatoms. The number of benzene rings is 1. The summed E-state index contributed by atoms with van der Waals surface area (Å²) in [6.07, 6.45) is 0.318. The number of aliphatic hydroxyl groups excluding tert-OH is 1. The van der Waals surface area contributed by atoms with Crippen LogP contribution in [0.5, 0.6) is 11.5 Å². The lowest BCUT2D eigenvalue weighted by Crippen LogP contribution is -2.31. The first-order valence-corrected chi connectivity index (χ1v) is 12.0. The fraction of sp³-hybridized carbons (Fsp3) is 0.720. The summed E-state index contributed by atoms with van der Waals surface area (Å²) in [4.78, 5) is 15.3. The minimum atomic E-state index is -0.832. The maximum Gasteiger partial charge on any atom is 0.309 e. The Kier molecular flexibility index (Phi) is 11.0. The second kappa shape index (κ2) is 13.4. The van der Waals surface area contributed by atoms with Gasteiger partial charge in [-0.15, -0.1) is 0 Å². The Morgan fingerprint density at radius 3 is 2.50 bits per heavy atom. The number of aliphatic hydroxyl groups is 1. The summed E-state index contributed by atoms with van der Waals surface area (Å²) >= 11 is 0. The Hall–Kier alpha value is -2.48. The third-order valence-electron chi connectivity index (χ3n) is 6.55. The molecule has 0 aliphatic carbocycles. The van der Waals surface area contributed by atoms with Crippen LogP contribution in [-0.2, 0) is 14.3 Å². The average molecular weight is 478 g/mol. The molecule has 1 fully saturated rings. The molecule has 1 saturated heterocycles. The third kappa shape index (κ3) is 7.26. The van der Waals surface area contributed by atoms with E-state index in [4.69, 9.17) is 18.9 Å². The number of nitrogens with zero attached hydrogens (tertiary/aromatic N) is 3. The number of carbonyl (C=O) groups is 1. The smallest absolute Gasteiger partial charge is 0.309 e. The number of methoxy groups -OCH3 is 2. The van der Waals surface area contributed by atoms with Crippen LogP contribution in [0.4, 0.5) is 0 Å². The minimum Gasteiger partial charge on any atom is -0.493 e. The Morgan fingerprint density at radius 1 is 1.21 bits per heavy atom. The van der Waals surface area contributed by atoms with Gasteiger partial charge in [-0.3, -0.25) is 4.79 Å². The van der Waals surface area contributed by atoms with Crippen molar-refractivity contribution in [2.45, 2.75) is 65.2 Å². The van der Waals surface area contributed by atoms with Gasteiger partial charge in [0.1, 0.15) is 6.10 Å².